The zero-order valence-electron chi connectivity index (χ0n) is 8.45. The molecule has 0 heterocycles. The molecule has 0 aliphatic carbocycles. The van der Waals surface area contributed by atoms with Crippen molar-refractivity contribution >= 4 is 19.7 Å². The van der Waals surface area contributed by atoms with Crippen molar-refractivity contribution in [1.82, 2.24) is 4.90 Å². The zero-order valence-corrected chi connectivity index (χ0v) is 9.35. The molecule has 0 aliphatic rings. The van der Waals surface area contributed by atoms with E-state index < -0.39 is 20.3 Å². The van der Waals surface area contributed by atoms with Gasteiger partial charge in [-0.3, -0.25) is 9.32 Å². The van der Waals surface area contributed by atoms with Crippen molar-refractivity contribution in [1.29, 1.82) is 0 Å². The van der Waals surface area contributed by atoms with Crippen LogP contribution in [0.4, 0.5) is 0 Å². The molecule has 15 heavy (non-hydrogen) atoms. The number of likely N-dealkylation sites (N-methyl/N-ethyl adjacent to an activating group) is 1. The van der Waals surface area contributed by atoms with Gasteiger partial charge in [0.25, 0.3) is 0 Å². The van der Waals surface area contributed by atoms with Crippen LogP contribution in [0.2, 0.25) is 0 Å². The third kappa shape index (κ3) is 6.05. The van der Waals surface area contributed by atoms with Crippen LogP contribution < -0.4 is 5.73 Å². The van der Waals surface area contributed by atoms with Crippen molar-refractivity contribution in [2.45, 2.75) is 6.92 Å². The molecule has 0 spiro atoms. The lowest BCUT2D eigenvalue weighted by molar-refractivity contribution is -0.137. The number of carbonyl (C=O) groups is 1. The number of nitrogens with zero attached hydrogens (tertiary/aromatic N) is 2. The Kier molecular flexibility index (Phi) is 5.27. The number of carboxylic acids is 1. The minimum absolute atomic E-state index is 0.00715. The lowest BCUT2D eigenvalue weighted by Gasteiger charge is -2.16. The molecule has 0 saturated heterocycles. The van der Waals surface area contributed by atoms with E-state index in [0.717, 1.165) is 4.90 Å². The predicted molar refractivity (Wildman–Crippen MR) is 53.3 cm³/mol. The molecule has 9 heteroatoms. The molecule has 0 radical (unpaired) electrons. The first kappa shape index (κ1) is 13.9. The van der Waals surface area contributed by atoms with Crippen molar-refractivity contribution < 1.29 is 23.9 Å². The quantitative estimate of drug-likeness (QED) is 0.334. The number of carboxylic acid groups (broad SMARTS) is 1. The minimum Gasteiger partial charge on any atom is -0.480 e. The Labute approximate surface area is 86.9 Å². The number of hydrogen-bond acceptors (Lipinski definition) is 3. The van der Waals surface area contributed by atoms with Crippen LogP contribution in [0.15, 0.2) is 4.76 Å². The van der Waals surface area contributed by atoms with Crippen LogP contribution in [-0.4, -0.2) is 47.0 Å². The molecule has 0 aromatic carbocycles. The molecule has 0 rings (SSSR count). The number of aliphatic carboxylic acids is 1. The van der Waals surface area contributed by atoms with Gasteiger partial charge in [0, 0.05) is 7.05 Å². The molecule has 0 aromatic heterocycles. The normalized spacial score (nSPS) is 15.8. The molecule has 4 N–H and O–H groups in total. The largest absolute Gasteiger partial charge is 0.480 e. The van der Waals surface area contributed by atoms with E-state index in [-0.39, 0.29) is 12.6 Å². The van der Waals surface area contributed by atoms with Gasteiger partial charge in [-0.1, -0.05) is 0 Å². The molecule has 8 nitrogen and oxygen atoms in total. The molecule has 0 fully saturated rings. The molecule has 1 atom stereocenters. The van der Waals surface area contributed by atoms with E-state index in [4.69, 9.17) is 15.7 Å². The van der Waals surface area contributed by atoms with E-state index in [1.807, 2.05) is 0 Å². The van der Waals surface area contributed by atoms with Gasteiger partial charge in [-0.05, 0) is 6.92 Å². The van der Waals surface area contributed by atoms with Crippen molar-refractivity contribution in [2.24, 2.45) is 10.5 Å². The summed E-state index contributed by atoms with van der Waals surface area (Å²) in [5.74, 6) is -1.49. The Balaban J connectivity index is 4.54. The molecule has 1 unspecified atom stereocenters. The highest BCUT2D eigenvalue weighted by molar-refractivity contribution is 7.51. The van der Waals surface area contributed by atoms with Gasteiger partial charge in [-0.2, -0.15) is 0 Å². The Bertz CT molecular complexity index is 305. The summed E-state index contributed by atoms with van der Waals surface area (Å²) in [4.78, 5) is 20.4. The summed E-state index contributed by atoms with van der Waals surface area (Å²) >= 11 is 0. The standard InChI is InChI=1S/C6H14N3O5P/c1-3-14-15(12,13)8-6(7)9(2)4-5(10)11/h3-4H2,1-2H3,(H,10,11)(H3,7,8,12,13). The molecule has 0 saturated carbocycles. The van der Waals surface area contributed by atoms with E-state index in [1.54, 1.807) is 0 Å². The van der Waals surface area contributed by atoms with Crippen molar-refractivity contribution in [2.75, 3.05) is 20.2 Å². The van der Waals surface area contributed by atoms with Crippen molar-refractivity contribution in [3.05, 3.63) is 0 Å². The second-order valence-electron chi connectivity index (χ2n) is 2.62. The highest BCUT2D eigenvalue weighted by atomic mass is 31.2. The summed E-state index contributed by atoms with van der Waals surface area (Å²) in [5.41, 5.74) is 5.28. The SMILES string of the molecule is CCOP(=O)(O)N=C(N)N(C)CC(=O)O. The summed E-state index contributed by atoms with van der Waals surface area (Å²) in [6, 6.07) is 0. The van der Waals surface area contributed by atoms with Gasteiger partial charge in [0.05, 0.1) is 6.61 Å². The van der Waals surface area contributed by atoms with Gasteiger partial charge in [-0.15, -0.1) is 4.76 Å². The van der Waals surface area contributed by atoms with Crippen LogP contribution in [0.3, 0.4) is 0 Å². The molecule has 88 valence electrons. The molecule has 0 aliphatic heterocycles. The molecule has 0 amide bonds. The van der Waals surface area contributed by atoms with Gasteiger partial charge >= 0.3 is 13.7 Å². The number of guanidine groups is 1. The van der Waals surface area contributed by atoms with E-state index in [0.29, 0.717) is 0 Å². The van der Waals surface area contributed by atoms with Gasteiger partial charge in [0.15, 0.2) is 0 Å². The fourth-order valence-electron chi connectivity index (χ4n) is 0.687. The Morgan fingerprint density at radius 2 is 2.20 bits per heavy atom. The fraction of sp³-hybridized carbons (Fsp3) is 0.667. The Morgan fingerprint density at radius 3 is 2.60 bits per heavy atom. The summed E-state index contributed by atoms with van der Waals surface area (Å²) in [5, 5.41) is 8.42. The number of rotatable bonds is 5. The maximum atomic E-state index is 11.1. The molecule has 0 bridgehead atoms. The summed E-state index contributed by atoms with van der Waals surface area (Å²) in [6.07, 6.45) is 0. The van der Waals surface area contributed by atoms with Crippen molar-refractivity contribution in [3.8, 4) is 0 Å². The summed E-state index contributed by atoms with van der Waals surface area (Å²) < 4.78 is 18.7. The van der Waals surface area contributed by atoms with E-state index >= 15 is 0 Å². The highest BCUT2D eigenvalue weighted by Gasteiger charge is 2.19. The van der Waals surface area contributed by atoms with Crippen LogP contribution in [0, 0.1) is 0 Å². The second-order valence-corrected chi connectivity index (χ2v) is 4.06. The maximum Gasteiger partial charge on any atom is 0.454 e. The minimum atomic E-state index is -4.12. The number of hydrogen-bond donors (Lipinski definition) is 3. The second kappa shape index (κ2) is 5.69. The third-order valence-corrected chi connectivity index (χ3v) is 2.34. The zero-order chi connectivity index (χ0) is 12.1. The Morgan fingerprint density at radius 1 is 1.67 bits per heavy atom. The van der Waals surface area contributed by atoms with Crippen LogP contribution in [-0.2, 0) is 13.9 Å². The predicted octanol–water partition coefficient (Wildman–Crippen LogP) is -0.546. The lowest BCUT2D eigenvalue weighted by atomic mass is 10.6. The maximum absolute atomic E-state index is 11.1. The van der Waals surface area contributed by atoms with Crippen LogP contribution in [0.5, 0.6) is 0 Å². The summed E-state index contributed by atoms with van der Waals surface area (Å²) in [7, 11) is -2.79. The first-order valence-electron chi connectivity index (χ1n) is 4.04. The van der Waals surface area contributed by atoms with E-state index in [1.165, 1.54) is 14.0 Å². The van der Waals surface area contributed by atoms with Crippen LogP contribution >= 0.6 is 7.75 Å². The molecule has 0 aromatic rings. The van der Waals surface area contributed by atoms with Crippen LogP contribution in [0.1, 0.15) is 6.92 Å². The fourth-order valence-corrected chi connectivity index (χ4v) is 1.49. The monoisotopic (exact) mass is 239 g/mol. The van der Waals surface area contributed by atoms with Gasteiger partial charge in [0.1, 0.15) is 6.54 Å². The van der Waals surface area contributed by atoms with E-state index in [9.17, 15) is 9.36 Å². The molecular formula is C6H14N3O5P. The van der Waals surface area contributed by atoms with Gasteiger partial charge in [-0.25, -0.2) is 4.57 Å². The van der Waals surface area contributed by atoms with Gasteiger partial charge in [0.2, 0.25) is 5.96 Å². The number of nitrogens with two attached hydrogens (primary N) is 1. The summed E-state index contributed by atoms with van der Waals surface area (Å²) in [6.45, 7) is 1.12. The lowest BCUT2D eigenvalue weighted by Crippen LogP contribution is -2.37. The van der Waals surface area contributed by atoms with Crippen molar-refractivity contribution in [3.63, 3.8) is 0 Å². The Hall–Kier alpha value is -1.11. The van der Waals surface area contributed by atoms with E-state index in [2.05, 4.69) is 9.29 Å². The average molecular weight is 239 g/mol. The highest BCUT2D eigenvalue weighted by Crippen LogP contribution is 2.43. The first-order valence-corrected chi connectivity index (χ1v) is 5.57. The van der Waals surface area contributed by atoms with Gasteiger partial charge < -0.3 is 20.6 Å². The first-order chi connectivity index (χ1) is 6.78. The molecular weight excluding hydrogens is 225 g/mol. The smallest absolute Gasteiger partial charge is 0.454 e. The van der Waals surface area contributed by atoms with Crippen LogP contribution in [0.25, 0.3) is 0 Å². The topological polar surface area (TPSA) is 125 Å². The average Bonchev–Trinajstić information content (AvgIpc) is 2.01. The third-order valence-electron chi connectivity index (χ3n) is 1.29.